The van der Waals surface area contributed by atoms with Gasteiger partial charge in [-0.25, -0.2) is 4.39 Å². The Balaban J connectivity index is 3.37. The average molecular weight is 406 g/mol. The Morgan fingerprint density at radius 1 is 1.00 bits per heavy atom. The molecule has 24 heavy (non-hydrogen) atoms. The van der Waals surface area contributed by atoms with E-state index < -0.39 is 49.8 Å². The molecule has 0 aliphatic heterocycles. The number of amides is 1. The highest BCUT2D eigenvalue weighted by Gasteiger charge is 2.77. The van der Waals surface area contributed by atoms with E-state index in [0.717, 1.165) is 5.32 Å². The van der Waals surface area contributed by atoms with Crippen LogP contribution in [0, 0.1) is 0 Å². The summed E-state index contributed by atoms with van der Waals surface area (Å²) in [6.45, 7) is 0. The van der Waals surface area contributed by atoms with E-state index in [9.17, 15) is 47.8 Å². The van der Waals surface area contributed by atoms with Gasteiger partial charge in [0.2, 0.25) is 0 Å². The van der Waals surface area contributed by atoms with Crippen molar-refractivity contribution < 1.29 is 47.8 Å². The Morgan fingerprint density at radius 2 is 1.46 bits per heavy atom. The van der Waals surface area contributed by atoms with E-state index in [4.69, 9.17) is 11.6 Å². The van der Waals surface area contributed by atoms with E-state index in [0.29, 0.717) is 12.1 Å². The number of anilines is 1. The van der Waals surface area contributed by atoms with Crippen molar-refractivity contribution >= 4 is 33.4 Å². The van der Waals surface area contributed by atoms with Gasteiger partial charge in [0.1, 0.15) is 4.90 Å². The molecule has 0 atom stereocenters. The third-order valence-electron chi connectivity index (χ3n) is 2.56. The number of benzene rings is 1. The Labute approximate surface area is 133 Å². The predicted molar refractivity (Wildman–Crippen MR) is 64.3 cm³/mol. The van der Waals surface area contributed by atoms with Gasteiger partial charge in [0, 0.05) is 0 Å². The smallest absolute Gasteiger partial charge is 0.321 e. The maximum Gasteiger partial charge on any atom is 0.441 e. The molecular weight excluding hydrogens is 402 g/mol. The van der Waals surface area contributed by atoms with Crippen LogP contribution in [0.25, 0.3) is 0 Å². The van der Waals surface area contributed by atoms with Crippen LogP contribution in [0.1, 0.15) is 0 Å². The fourth-order valence-corrected chi connectivity index (χ4v) is 2.03. The first-order valence-electron chi connectivity index (χ1n) is 5.40. The Bertz CT molecular complexity index is 744. The second-order valence-corrected chi connectivity index (χ2v) is 5.94. The molecule has 0 aromatic heterocycles. The van der Waals surface area contributed by atoms with Gasteiger partial charge in [-0.1, -0.05) is 11.6 Å². The van der Waals surface area contributed by atoms with Crippen LogP contribution in [-0.4, -0.2) is 32.3 Å². The SMILES string of the molecule is O=C(Nc1cc(S(=O)(=O)F)ccc1Cl)C(F)(C(F)(F)F)C(F)(F)F. The van der Waals surface area contributed by atoms with Gasteiger partial charge < -0.3 is 5.32 Å². The molecule has 0 spiro atoms. The first-order chi connectivity index (χ1) is 10.5. The second-order valence-electron chi connectivity index (χ2n) is 4.19. The molecular formula is C10H4ClF8NO3S. The zero-order valence-electron chi connectivity index (χ0n) is 10.8. The van der Waals surface area contributed by atoms with Crippen molar-refractivity contribution in [1.82, 2.24) is 0 Å². The molecule has 0 radical (unpaired) electrons. The van der Waals surface area contributed by atoms with Crippen molar-refractivity contribution in [2.24, 2.45) is 0 Å². The van der Waals surface area contributed by atoms with Crippen LogP contribution in [0.4, 0.5) is 40.3 Å². The monoisotopic (exact) mass is 405 g/mol. The van der Waals surface area contributed by atoms with Crippen molar-refractivity contribution in [3.8, 4) is 0 Å². The summed E-state index contributed by atoms with van der Waals surface area (Å²) in [6, 6.07) is 1.21. The van der Waals surface area contributed by atoms with Crippen LogP contribution >= 0.6 is 11.6 Å². The van der Waals surface area contributed by atoms with Crippen molar-refractivity contribution in [3.05, 3.63) is 23.2 Å². The van der Waals surface area contributed by atoms with Crippen LogP contribution in [0.15, 0.2) is 23.1 Å². The third kappa shape index (κ3) is 3.71. The quantitative estimate of drug-likeness (QED) is 0.615. The van der Waals surface area contributed by atoms with Crippen LogP contribution < -0.4 is 5.32 Å². The molecule has 0 fully saturated rings. The number of carbonyl (C=O) groups is 1. The summed E-state index contributed by atoms with van der Waals surface area (Å²) in [7, 11) is -5.42. The second kappa shape index (κ2) is 6.02. The van der Waals surface area contributed by atoms with Gasteiger partial charge >= 0.3 is 28.2 Å². The lowest BCUT2D eigenvalue weighted by Gasteiger charge is -2.28. The molecule has 1 N–H and O–H groups in total. The first kappa shape index (κ1) is 20.4. The molecule has 0 heterocycles. The van der Waals surface area contributed by atoms with Gasteiger partial charge in [-0.2, -0.15) is 34.8 Å². The van der Waals surface area contributed by atoms with Crippen molar-refractivity contribution in [2.75, 3.05) is 5.32 Å². The Hall–Kier alpha value is -1.63. The summed E-state index contributed by atoms with van der Waals surface area (Å²) in [5, 5.41) is 0.0978. The van der Waals surface area contributed by atoms with Crippen LogP contribution in [-0.2, 0) is 15.0 Å². The van der Waals surface area contributed by atoms with E-state index in [1.54, 1.807) is 0 Å². The minimum absolute atomic E-state index is 0.128. The number of nitrogens with one attached hydrogen (secondary N) is 1. The molecule has 0 saturated carbocycles. The van der Waals surface area contributed by atoms with E-state index >= 15 is 0 Å². The minimum Gasteiger partial charge on any atom is -0.321 e. The molecule has 0 saturated heterocycles. The maximum atomic E-state index is 13.5. The predicted octanol–water partition coefficient (Wildman–Crippen LogP) is 3.77. The Morgan fingerprint density at radius 3 is 1.83 bits per heavy atom. The summed E-state index contributed by atoms with van der Waals surface area (Å²) in [5.41, 5.74) is -7.47. The number of halogens is 9. The maximum absolute atomic E-state index is 13.5. The summed E-state index contributed by atoms with van der Waals surface area (Å²) in [5.74, 6) is -3.22. The van der Waals surface area contributed by atoms with Gasteiger partial charge in [0.15, 0.2) is 0 Å². The minimum atomic E-state index is -6.68. The summed E-state index contributed by atoms with van der Waals surface area (Å²) in [6.07, 6.45) is -13.4. The van der Waals surface area contributed by atoms with Crippen LogP contribution in [0.2, 0.25) is 5.02 Å². The largest absolute Gasteiger partial charge is 0.441 e. The molecule has 4 nitrogen and oxygen atoms in total. The number of carbonyl (C=O) groups excluding carboxylic acids is 1. The van der Waals surface area contributed by atoms with Gasteiger partial charge in [0.25, 0.3) is 5.91 Å². The van der Waals surface area contributed by atoms with Gasteiger partial charge in [0.05, 0.1) is 10.7 Å². The van der Waals surface area contributed by atoms with Crippen molar-refractivity contribution in [3.63, 3.8) is 0 Å². The summed E-state index contributed by atoms with van der Waals surface area (Å²) < 4.78 is 122. The molecule has 14 heteroatoms. The van der Waals surface area contributed by atoms with Crippen molar-refractivity contribution in [2.45, 2.75) is 22.9 Å². The van der Waals surface area contributed by atoms with Gasteiger partial charge in [-0.3, -0.25) is 4.79 Å². The molecule has 1 aromatic rings. The first-order valence-corrected chi connectivity index (χ1v) is 7.16. The van der Waals surface area contributed by atoms with E-state index in [1.807, 2.05) is 0 Å². The average Bonchev–Trinajstić information content (AvgIpc) is 2.36. The number of hydrogen-bond donors (Lipinski definition) is 1. The van der Waals surface area contributed by atoms with E-state index in [2.05, 4.69) is 0 Å². The number of alkyl halides is 7. The molecule has 0 aliphatic carbocycles. The molecule has 0 unspecified atom stereocenters. The van der Waals surface area contributed by atoms with Crippen LogP contribution in [0.3, 0.4) is 0 Å². The molecule has 0 aliphatic rings. The summed E-state index contributed by atoms with van der Waals surface area (Å²) >= 11 is 5.35. The van der Waals surface area contributed by atoms with E-state index in [1.165, 1.54) is 0 Å². The van der Waals surface area contributed by atoms with E-state index in [-0.39, 0.29) is 6.07 Å². The highest BCUT2D eigenvalue weighted by molar-refractivity contribution is 7.86. The van der Waals surface area contributed by atoms with Crippen molar-refractivity contribution in [1.29, 1.82) is 0 Å². The number of hydrogen-bond acceptors (Lipinski definition) is 3. The lowest BCUT2D eigenvalue weighted by molar-refractivity contribution is -0.324. The molecule has 1 rings (SSSR count). The third-order valence-corrected chi connectivity index (χ3v) is 3.71. The zero-order valence-corrected chi connectivity index (χ0v) is 12.3. The highest BCUT2D eigenvalue weighted by atomic mass is 35.5. The fraction of sp³-hybridized carbons (Fsp3) is 0.300. The summed E-state index contributed by atoms with van der Waals surface area (Å²) in [4.78, 5) is 9.98. The molecule has 0 bridgehead atoms. The van der Waals surface area contributed by atoms with Gasteiger partial charge in [-0.05, 0) is 18.2 Å². The lowest BCUT2D eigenvalue weighted by Crippen LogP contribution is -2.60. The lowest BCUT2D eigenvalue weighted by atomic mass is 10.0. The number of rotatable bonds is 3. The molecule has 1 aromatic carbocycles. The topological polar surface area (TPSA) is 63.2 Å². The fourth-order valence-electron chi connectivity index (χ4n) is 1.38. The molecule has 1 amide bonds. The highest BCUT2D eigenvalue weighted by Crippen LogP contribution is 2.47. The molecule has 136 valence electrons. The normalized spacial score (nSPS) is 13.7. The standard InChI is InChI=1S/C10H4ClF8NO3S/c11-5-2-1-4(24(19,22)23)3-6(5)20-7(21)8(12,9(13,14)15)10(16,17)18/h1-3H,(H,20,21). The Kier molecular flexibility index (Phi) is 5.12. The van der Waals surface area contributed by atoms with Gasteiger partial charge in [-0.15, -0.1) is 3.89 Å². The zero-order chi connectivity index (χ0) is 19.1. The van der Waals surface area contributed by atoms with Crippen LogP contribution in [0.5, 0.6) is 0 Å².